The van der Waals surface area contributed by atoms with E-state index in [9.17, 15) is 22.8 Å². The maximum atomic E-state index is 14.0. The highest BCUT2D eigenvalue weighted by Gasteiger charge is 2.40. The summed E-state index contributed by atoms with van der Waals surface area (Å²) in [5, 5.41) is -0.130. The molecular weight excluding hydrogens is 481 g/mol. The molecule has 7 nitrogen and oxygen atoms in total. The molecular formula is C26H19F3O7. The van der Waals surface area contributed by atoms with Crippen molar-refractivity contribution < 1.29 is 41.3 Å². The van der Waals surface area contributed by atoms with Crippen LogP contribution in [0, 0.1) is 0 Å². The van der Waals surface area contributed by atoms with Gasteiger partial charge in [0.05, 0.1) is 37.8 Å². The molecule has 0 aliphatic heterocycles. The van der Waals surface area contributed by atoms with E-state index in [1.807, 2.05) is 0 Å². The van der Waals surface area contributed by atoms with E-state index in [0.717, 1.165) is 6.07 Å². The lowest BCUT2D eigenvalue weighted by Gasteiger charge is -2.15. The Hall–Kier alpha value is -4.47. The molecule has 0 aliphatic carbocycles. The van der Waals surface area contributed by atoms with Crippen molar-refractivity contribution in [1.82, 2.24) is 0 Å². The van der Waals surface area contributed by atoms with Crippen molar-refractivity contribution >= 4 is 16.9 Å². The third-order valence-corrected chi connectivity index (χ3v) is 5.33. The number of carbonyl (C=O) groups excluding carboxylic acids is 1. The minimum absolute atomic E-state index is 0.0630. The molecule has 0 fully saturated rings. The summed E-state index contributed by atoms with van der Waals surface area (Å²) in [4.78, 5) is 25.8. The number of benzene rings is 3. The van der Waals surface area contributed by atoms with E-state index in [1.54, 1.807) is 6.07 Å². The lowest BCUT2D eigenvalue weighted by Crippen LogP contribution is -2.16. The molecule has 186 valence electrons. The molecule has 10 heteroatoms. The Morgan fingerprint density at radius 3 is 2.19 bits per heavy atom. The zero-order valence-corrected chi connectivity index (χ0v) is 19.3. The highest BCUT2D eigenvalue weighted by atomic mass is 19.4. The van der Waals surface area contributed by atoms with Gasteiger partial charge in [-0.1, -0.05) is 18.2 Å². The molecule has 0 N–H and O–H groups in total. The van der Waals surface area contributed by atoms with Crippen molar-refractivity contribution in [3.05, 3.63) is 82.2 Å². The first-order valence-electron chi connectivity index (χ1n) is 10.4. The van der Waals surface area contributed by atoms with Gasteiger partial charge < -0.3 is 23.4 Å². The fraction of sp³-hybridized carbons (Fsp3) is 0.154. The van der Waals surface area contributed by atoms with Crippen LogP contribution in [0.3, 0.4) is 0 Å². The molecule has 0 atom stereocenters. The smallest absolute Gasteiger partial charge is 0.450 e. The molecule has 0 spiro atoms. The minimum atomic E-state index is -4.99. The van der Waals surface area contributed by atoms with Gasteiger partial charge in [-0.25, -0.2) is 4.79 Å². The number of esters is 1. The van der Waals surface area contributed by atoms with Crippen molar-refractivity contribution in [2.45, 2.75) is 6.18 Å². The Labute approximate surface area is 202 Å². The summed E-state index contributed by atoms with van der Waals surface area (Å²) in [6.45, 7) is 0. The molecule has 4 rings (SSSR count). The molecule has 0 unspecified atom stereocenters. The Kier molecular flexibility index (Phi) is 6.61. The van der Waals surface area contributed by atoms with Crippen LogP contribution in [0.15, 0.2) is 69.9 Å². The van der Waals surface area contributed by atoms with Gasteiger partial charge in [-0.15, -0.1) is 0 Å². The van der Waals surface area contributed by atoms with Crippen LogP contribution in [0.1, 0.15) is 16.1 Å². The van der Waals surface area contributed by atoms with Crippen LogP contribution in [0.25, 0.3) is 22.1 Å². The second kappa shape index (κ2) is 9.65. The summed E-state index contributed by atoms with van der Waals surface area (Å²) in [7, 11) is 4.12. The van der Waals surface area contributed by atoms with Gasteiger partial charge in [0.2, 0.25) is 11.2 Å². The van der Waals surface area contributed by atoms with Gasteiger partial charge in [0.25, 0.3) is 0 Å². The number of hydrogen-bond donors (Lipinski definition) is 0. The summed E-state index contributed by atoms with van der Waals surface area (Å²) in [5.41, 5.74) is -1.94. The first kappa shape index (κ1) is 24.6. The zero-order valence-electron chi connectivity index (χ0n) is 19.3. The fourth-order valence-corrected chi connectivity index (χ4v) is 3.66. The molecule has 0 aliphatic rings. The molecule has 1 heterocycles. The Morgan fingerprint density at radius 2 is 1.53 bits per heavy atom. The third kappa shape index (κ3) is 4.57. The molecule has 0 saturated carbocycles. The number of para-hydroxylation sites is 1. The van der Waals surface area contributed by atoms with Crippen LogP contribution in [0.4, 0.5) is 13.2 Å². The number of hydrogen-bond acceptors (Lipinski definition) is 7. The van der Waals surface area contributed by atoms with Crippen molar-refractivity contribution in [1.29, 1.82) is 0 Å². The lowest BCUT2D eigenvalue weighted by atomic mass is 10.0. The topological polar surface area (TPSA) is 84.2 Å². The van der Waals surface area contributed by atoms with E-state index < -0.39 is 34.5 Å². The van der Waals surface area contributed by atoms with Crippen molar-refractivity contribution in [3.8, 4) is 34.1 Å². The predicted molar refractivity (Wildman–Crippen MR) is 124 cm³/mol. The van der Waals surface area contributed by atoms with Crippen molar-refractivity contribution in [2.75, 3.05) is 21.3 Å². The number of carbonyl (C=O) groups is 1. The zero-order chi connectivity index (χ0) is 26.0. The summed E-state index contributed by atoms with van der Waals surface area (Å²) >= 11 is 0. The second-order valence-corrected chi connectivity index (χ2v) is 7.45. The van der Waals surface area contributed by atoms with E-state index in [0.29, 0.717) is 5.75 Å². The predicted octanol–water partition coefficient (Wildman–Crippen LogP) is 5.72. The summed E-state index contributed by atoms with van der Waals surface area (Å²) in [6.07, 6.45) is -4.99. The first-order chi connectivity index (χ1) is 17.2. The second-order valence-electron chi connectivity index (χ2n) is 7.45. The van der Waals surface area contributed by atoms with Gasteiger partial charge in [-0.3, -0.25) is 4.79 Å². The average Bonchev–Trinajstić information content (AvgIpc) is 2.87. The Balaban J connectivity index is 1.79. The maximum Gasteiger partial charge on any atom is 0.450 e. The van der Waals surface area contributed by atoms with E-state index >= 15 is 0 Å². The highest BCUT2D eigenvalue weighted by Crippen LogP contribution is 2.40. The molecule has 0 saturated heterocycles. The van der Waals surface area contributed by atoms with Crippen LogP contribution in [-0.2, 0) is 6.18 Å². The van der Waals surface area contributed by atoms with E-state index in [-0.39, 0.29) is 33.8 Å². The molecule has 0 bridgehead atoms. The lowest BCUT2D eigenvalue weighted by molar-refractivity contribution is -0.152. The molecule has 1 aromatic heterocycles. The average molecular weight is 500 g/mol. The first-order valence-corrected chi connectivity index (χ1v) is 10.4. The van der Waals surface area contributed by atoms with Gasteiger partial charge in [0.15, 0.2) is 11.5 Å². The number of fused-ring (bicyclic) bond motifs is 1. The molecule has 4 aromatic rings. The third-order valence-electron chi connectivity index (χ3n) is 5.33. The normalized spacial score (nSPS) is 11.3. The van der Waals surface area contributed by atoms with E-state index in [2.05, 4.69) is 0 Å². The van der Waals surface area contributed by atoms with Gasteiger partial charge in [0.1, 0.15) is 17.1 Å². The van der Waals surface area contributed by atoms with Gasteiger partial charge in [0, 0.05) is 11.6 Å². The SMILES string of the molecule is COc1ccc(C(=O)Oc2ccc3c(=O)c(-c4ccccc4OC)c(C(F)(F)F)oc3c2)cc1OC. The summed E-state index contributed by atoms with van der Waals surface area (Å²) < 4.78 is 67.8. The van der Waals surface area contributed by atoms with Crippen LogP contribution in [-0.4, -0.2) is 27.3 Å². The van der Waals surface area contributed by atoms with Crippen LogP contribution < -0.4 is 24.4 Å². The number of halogens is 3. The van der Waals surface area contributed by atoms with Gasteiger partial charge in [-0.05, 0) is 36.4 Å². The van der Waals surface area contributed by atoms with Crippen LogP contribution >= 0.6 is 0 Å². The van der Waals surface area contributed by atoms with E-state index in [4.69, 9.17) is 23.4 Å². The van der Waals surface area contributed by atoms with Crippen molar-refractivity contribution in [2.24, 2.45) is 0 Å². The number of rotatable bonds is 6. The summed E-state index contributed by atoms with van der Waals surface area (Å²) in [5.74, 6) is -1.66. The van der Waals surface area contributed by atoms with E-state index in [1.165, 1.54) is 69.9 Å². The number of alkyl halides is 3. The number of methoxy groups -OCH3 is 3. The Morgan fingerprint density at radius 1 is 0.833 bits per heavy atom. The number of ether oxygens (including phenoxy) is 4. The standard InChI is InChI=1S/C26H19F3O7/c1-32-18-7-5-4-6-16(18)22-23(30)17-10-9-15(13-20(17)36-24(22)26(27,28)29)35-25(31)14-8-11-19(33-2)21(12-14)34-3/h4-13H,1-3H3. The molecule has 0 amide bonds. The highest BCUT2D eigenvalue weighted by molar-refractivity contribution is 5.93. The molecule has 0 radical (unpaired) electrons. The van der Waals surface area contributed by atoms with Gasteiger partial charge >= 0.3 is 12.1 Å². The van der Waals surface area contributed by atoms with Crippen LogP contribution in [0.2, 0.25) is 0 Å². The van der Waals surface area contributed by atoms with Crippen molar-refractivity contribution in [3.63, 3.8) is 0 Å². The minimum Gasteiger partial charge on any atom is -0.496 e. The quantitative estimate of drug-likeness (QED) is 0.247. The fourth-order valence-electron chi connectivity index (χ4n) is 3.66. The van der Waals surface area contributed by atoms with Gasteiger partial charge in [-0.2, -0.15) is 13.2 Å². The van der Waals surface area contributed by atoms with Crippen LogP contribution in [0.5, 0.6) is 23.0 Å². The molecule has 36 heavy (non-hydrogen) atoms. The largest absolute Gasteiger partial charge is 0.496 e. The molecule has 3 aromatic carbocycles. The summed E-state index contributed by atoms with van der Waals surface area (Å²) in [6, 6.07) is 13.7. The Bertz CT molecular complexity index is 1510. The monoisotopic (exact) mass is 500 g/mol. The maximum absolute atomic E-state index is 14.0.